The van der Waals surface area contributed by atoms with E-state index in [2.05, 4.69) is 55.3 Å². The van der Waals surface area contributed by atoms with Gasteiger partial charge >= 0.3 is 0 Å². The molecule has 0 aliphatic rings. The first-order valence-corrected chi connectivity index (χ1v) is 6.70. The molecule has 0 aliphatic heterocycles. The highest BCUT2D eigenvalue weighted by Crippen LogP contribution is 2.27. The average Bonchev–Trinajstić information content (AvgIpc) is 2.36. The maximum Gasteiger partial charge on any atom is 0.0578 e. The van der Waals surface area contributed by atoms with E-state index in [1.807, 2.05) is 20.2 Å². The Labute approximate surface area is 115 Å². The van der Waals surface area contributed by atoms with Gasteiger partial charge in [-0.2, -0.15) is 0 Å². The van der Waals surface area contributed by atoms with E-state index < -0.39 is 0 Å². The number of hydrogen-bond acceptors (Lipinski definition) is 2. The molecule has 1 heterocycles. The summed E-state index contributed by atoms with van der Waals surface area (Å²) >= 11 is 0. The quantitative estimate of drug-likeness (QED) is 0.905. The van der Waals surface area contributed by atoms with E-state index in [9.17, 15) is 0 Å². The molecule has 2 heteroatoms. The number of benzene rings is 1. The Hall–Kier alpha value is -1.67. The summed E-state index contributed by atoms with van der Waals surface area (Å²) in [7, 11) is 2.01. The minimum atomic E-state index is 0.223. The largest absolute Gasteiger partial charge is 0.309 e. The molecule has 0 spiro atoms. The van der Waals surface area contributed by atoms with Crippen LogP contribution in [0.3, 0.4) is 0 Å². The molecule has 0 aliphatic carbocycles. The molecule has 1 aromatic heterocycles. The maximum atomic E-state index is 4.28. The van der Waals surface area contributed by atoms with Crippen molar-refractivity contribution in [1.82, 2.24) is 10.3 Å². The Balaban J connectivity index is 2.51. The zero-order valence-electron chi connectivity index (χ0n) is 12.4. The van der Waals surface area contributed by atoms with Crippen LogP contribution in [0.15, 0.2) is 30.5 Å². The molecule has 0 bridgehead atoms. The second-order valence-electron chi connectivity index (χ2n) is 5.25. The summed E-state index contributed by atoms with van der Waals surface area (Å²) in [5.74, 6) is 0. The van der Waals surface area contributed by atoms with Crippen molar-refractivity contribution in [2.24, 2.45) is 0 Å². The fourth-order valence-corrected chi connectivity index (χ4v) is 2.54. The third-order valence-corrected chi connectivity index (χ3v) is 3.74. The molecule has 0 radical (unpaired) electrons. The molecule has 0 saturated carbocycles. The number of nitrogens with zero attached hydrogens (tertiary/aromatic N) is 1. The Morgan fingerprint density at radius 2 is 1.63 bits per heavy atom. The molecule has 1 N–H and O–H groups in total. The van der Waals surface area contributed by atoms with Gasteiger partial charge in [-0.25, -0.2) is 0 Å². The van der Waals surface area contributed by atoms with Gasteiger partial charge in [0.25, 0.3) is 0 Å². The Morgan fingerprint density at radius 1 is 0.947 bits per heavy atom. The first-order valence-electron chi connectivity index (χ1n) is 6.70. The summed E-state index contributed by atoms with van der Waals surface area (Å²) in [4.78, 5) is 4.28. The van der Waals surface area contributed by atoms with E-state index in [1.54, 1.807) is 0 Å². The third kappa shape index (κ3) is 2.85. The lowest BCUT2D eigenvalue weighted by Crippen LogP contribution is -2.19. The molecule has 2 nitrogen and oxygen atoms in total. The second-order valence-corrected chi connectivity index (χ2v) is 5.25. The highest BCUT2D eigenvalue weighted by molar-refractivity contribution is 5.42. The van der Waals surface area contributed by atoms with Crippen LogP contribution >= 0.6 is 0 Å². The smallest absolute Gasteiger partial charge is 0.0578 e. The minimum absolute atomic E-state index is 0.223. The molecule has 0 amide bonds. The van der Waals surface area contributed by atoms with Crippen molar-refractivity contribution in [3.63, 3.8) is 0 Å². The Bertz CT molecular complexity index is 588. The van der Waals surface area contributed by atoms with Crippen molar-refractivity contribution in [3.05, 3.63) is 64.0 Å². The minimum Gasteiger partial charge on any atom is -0.309 e. The van der Waals surface area contributed by atoms with Gasteiger partial charge in [0, 0.05) is 11.9 Å². The van der Waals surface area contributed by atoms with E-state index in [4.69, 9.17) is 0 Å². The molecule has 19 heavy (non-hydrogen) atoms. The number of pyridine rings is 1. The van der Waals surface area contributed by atoms with Crippen molar-refractivity contribution in [1.29, 1.82) is 0 Å². The van der Waals surface area contributed by atoms with E-state index >= 15 is 0 Å². The number of hydrogen-bond donors (Lipinski definition) is 1. The zero-order valence-corrected chi connectivity index (χ0v) is 12.4. The maximum absolute atomic E-state index is 4.28. The van der Waals surface area contributed by atoms with Crippen molar-refractivity contribution in [2.45, 2.75) is 33.7 Å². The van der Waals surface area contributed by atoms with Gasteiger partial charge in [0.05, 0.1) is 6.04 Å². The van der Waals surface area contributed by atoms with Crippen molar-refractivity contribution in [3.8, 4) is 0 Å². The number of rotatable bonds is 3. The van der Waals surface area contributed by atoms with E-state index in [-0.39, 0.29) is 6.04 Å². The Kier molecular flexibility index (Phi) is 4.01. The summed E-state index contributed by atoms with van der Waals surface area (Å²) < 4.78 is 0. The van der Waals surface area contributed by atoms with Gasteiger partial charge in [-0.15, -0.1) is 0 Å². The predicted octanol–water partition coefficient (Wildman–Crippen LogP) is 3.62. The van der Waals surface area contributed by atoms with Crippen molar-refractivity contribution in [2.75, 3.05) is 7.05 Å². The van der Waals surface area contributed by atoms with Gasteiger partial charge in [-0.3, -0.25) is 4.98 Å². The number of aromatic nitrogens is 1. The van der Waals surface area contributed by atoms with Gasteiger partial charge in [-0.05, 0) is 74.7 Å². The summed E-state index contributed by atoms with van der Waals surface area (Å²) in [6.45, 7) is 8.55. The molecular weight excluding hydrogens is 232 g/mol. The van der Waals surface area contributed by atoms with Gasteiger partial charge in [0.1, 0.15) is 0 Å². The lowest BCUT2D eigenvalue weighted by atomic mass is 9.92. The topological polar surface area (TPSA) is 24.9 Å². The molecule has 100 valence electrons. The first kappa shape index (κ1) is 13.8. The van der Waals surface area contributed by atoms with Crippen LogP contribution in [0.5, 0.6) is 0 Å². The molecule has 0 saturated heterocycles. The highest BCUT2D eigenvalue weighted by Gasteiger charge is 2.15. The van der Waals surface area contributed by atoms with E-state index in [0.29, 0.717) is 0 Å². The average molecular weight is 254 g/mol. The van der Waals surface area contributed by atoms with E-state index in [1.165, 1.54) is 27.8 Å². The number of aryl methyl sites for hydroxylation is 4. The lowest BCUT2D eigenvalue weighted by Gasteiger charge is -2.21. The fraction of sp³-hybridized carbons (Fsp3) is 0.353. The van der Waals surface area contributed by atoms with Crippen molar-refractivity contribution >= 4 is 0 Å². The Morgan fingerprint density at radius 3 is 2.26 bits per heavy atom. The number of nitrogens with one attached hydrogen (secondary N) is 1. The van der Waals surface area contributed by atoms with Gasteiger partial charge in [0.2, 0.25) is 0 Å². The van der Waals surface area contributed by atoms with Gasteiger partial charge < -0.3 is 5.32 Å². The second kappa shape index (κ2) is 5.54. The zero-order chi connectivity index (χ0) is 14.0. The first-order chi connectivity index (χ1) is 9.02. The van der Waals surface area contributed by atoms with Crippen LogP contribution in [0.2, 0.25) is 0 Å². The molecule has 1 unspecified atom stereocenters. The standard InChI is InChI=1S/C17H22N2/c1-11-8-13(3)16(9-12(11)2)17(18-5)15-6-7-19-14(4)10-15/h6-10,17-18H,1-5H3. The molecule has 2 aromatic rings. The van der Waals surface area contributed by atoms with Crippen LogP contribution < -0.4 is 5.32 Å². The monoisotopic (exact) mass is 254 g/mol. The highest BCUT2D eigenvalue weighted by atomic mass is 14.9. The molecule has 1 atom stereocenters. The van der Waals surface area contributed by atoms with Crippen LogP contribution in [-0.4, -0.2) is 12.0 Å². The van der Waals surface area contributed by atoms with Crippen molar-refractivity contribution < 1.29 is 0 Å². The summed E-state index contributed by atoms with van der Waals surface area (Å²) in [6.07, 6.45) is 1.88. The summed E-state index contributed by atoms with van der Waals surface area (Å²) in [5.41, 5.74) is 7.68. The molecule has 2 rings (SSSR count). The van der Waals surface area contributed by atoms with Gasteiger partial charge in [-0.1, -0.05) is 12.1 Å². The van der Waals surface area contributed by atoms with Crippen LogP contribution in [0.25, 0.3) is 0 Å². The van der Waals surface area contributed by atoms with Crippen LogP contribution in [0.1, 0.15) is 39.6 Å². The van der Waals surface area contributed by atoms with Crippen LogP contribution in [-0.2, 0) is 0 Å². The summed E-state index contributed by atoms with van der Waals surface area (Å²) in [6, 6.07) is 9.02. The molecular formula is C17H22N2. The molecule has 0 fully saturated rings. The van der Waals surface area contributed by atoms with Crippen LogP contribution in [0.4, 0.5) is 0 Å². The van der Waals surface area contributed by atoms with Crippen LogP contribution in [0, 0.1) is 27.7 Å². The third-order valence-electron chi connectivity index (χ3n) is 3.74. The summed E-state index contributed by atoms with van der Waals surface area (Å²) in [5, 5.41) is 3.42. The molecule has 1 aromatic carbocycles. The SMILES string of the molecule is CNC(c1ccnc(C)c1)c1cc(C)c(C)cc1C. The normalized spacial score (nSPS) is 12.5. The van der Waals surface area contributed by atoms with E-state index in [0.717, 1.165) is 5.69 Å². The fourth-order valence-electron chi connectivity index (χ4n) is 2.54. The van der Waals surface area contributed by atoms with Gasteiger partial charge in [0.15, 0.2) is 0 Å². The predicted molar refractivity (Wildman–Crippen MR) is 80.5 cm³/mol. The lowest BCUT2D eigenvalue weighted by molar-refractivity contribution is 0.684.